The standard InChI is InChI=1S/C14H21ClN2O2/c1-3-14(4-2,9-18)17-8-11-6-5-10(13(16)19)7-12(11)15/h5-7,17-18H,3-4,8-9H2,1-2H3,(H2,16,19). The van der Waals surface area contributed by atoms with Gasteiger partial charge in [0, 0.05) is 22.7 Å². The van der Waals surface area contributed by atoms with Crippen molar-refractivity contribution in [2.75, 3.05) is 6.61 Å². The third-order valence-electron chi connectivity index (χ3n) is 3.65. The number of halogens is 1. The van der Waals surface area contributed by atoms with E-state index in [1.54, 1.807) is 18.2 Å². The number of amides is 1. The van der Waals surface area contributed by atoms with Gasteiger partial charge >= 0.3 is 0 Å². The van der Waals surface area contributed by atoms with Crippen LogP contribution in [0.1, 0.15) is 42.6 Å². The summed E-state index contributed by atoms with van der Waals surface area (Å²) in [7, 11) is 0. The first kappa shape index (κ1) is 16.0. The molecule has 4 N–H and O–H groups in total. The van der Waals surface area contributed by atoms with Gasteiger partial charge in [0.1, 0.15) is 0 Å². The van der Waals surface area contributed by atoms with Gasteiger partial charge < -0.3 is 16.2 Å². The molecule has 0 aliphatic rings. The van der Waals surface area contributed by atoms with Gasteiger partial charge in [-0.25, -0.2) is 0 Å². The van der Waals surface area contributed by atoms with Crippen LogP contribution in [0, 0.1) is 0 Å². The number of hydrogen-bond acceptors (Lipinski definition) is 3. The number of hydrogen-bond donors (Lipinski definition) is 3. The molecular formula is C14H21ClN2O2. The fourth-order valence-corrected chi connectivity index (χ4v) is 2.15. The Balaban J connectivity index is 2.80. The molecule has 0 bridgehead atoms. The molecular weight excluding hydrogens is 264 g/mol. The normalized spacial score (nSPS) is 11.6. The minimum Gasteiger partial charge on any atom is -0.394 e. The molecule has 0 saturated heterocycles. The van der Waals surface area contributed by atoms with Gasteiger partial charge in [-0.15, -0.1) is 0 Å². The smallest absolute Gasteiger partial charge is 0.248 e. The second-order valence-electron chi connectivity index (χ2n) is 4.67. The highest BCUT2D eigenvalue weighted by Gasteiger charge is 2.24. The topological polar surface area (TPSA) is 75.3 Å². The maximum Gasteiger partial charge on any atom is 0.248 e. The van der Waals surface area contributed by atoms with Crippen LogP contribution in [0.2, 0.25) is 5.02 Å². The summed E-state index contributed by atoms with van der Waals surface area (Å²) in [4.78, 5) is 11.0. The van der Waals surface area contributed by atoms with Gasteiger partial charge in [0.15, 0.2) is 0 Å². The molecule has 0 aliphatic carbocycles. The van der Waals surface area contributed by atoms with Crippen LogP contribution in [0.4, 0.5) is 0 Å². The van der Waals surface area contributed by atoms with E-state index in [9.17, 15) is 9.90 Å². The van der Waals surface area contributed by atoms with Crippen LogP contribution in [-0.2, 0) is 6.54 Å². The average Bonchev–Trinajstić information content (AvgIpc) is 2.42. The van der Waals surface area contributed by atoms with Crippen molar-refractivity contribution in [1.82, 2.24) is 5.32 Å². The van der Waals surface area contributed by atoms with E-state index in [4.69, 9.17) is 17.3 Å². The van der Waals surface area contributed by atoms with Crippen LogP contribution in [0.3, 0.4) is 0 Å². The van der Waals surface area contributed by atoms with Crippen molar-refractivity contribution in [2.45, 2.75) is 38.8 Å². The van der Waals surface area contributed by atoms with E-state index in [0.717, 1.165) is 18.4 Å². The van der Waals surface area contributed by atoms with Crippen molar-refractivity contribution in [3.05, 3.63) is 34.3 Å². The Kier molecular flexibility index (Phi) is 5.79. The average molecular weight is 285 g/mol. The molecule has 0 spiro atoms. The van der Waals surface area contributed by atoms with Crippen LogP contribution >= 0.6 is 11.6 Å². The molecule has 0 aromatic heterocycles. The van der Waals surface area contributed by atoms with Gasteiger partial charge in [-0.2, -0.15) is 0 Å². The highest BCUT2D eigenvalue weighted by molar-refractivity contribution is 6.31. The Labute approximate surface area is 118 Å². The fourth-order valence-electron chi connectivity index (χ4n) is 1.91. The lowest BCUT2D eigenvalue weighted by molar-refractivity contribution is 0.100. The van der Waals surface area contributed by atoms with Gasteiger partial charge in [0.2, 0.25) is 5.91 Å². The van der Waals surface area contributed by atoms with E-state index in [-0.39, 0.29) is 12.1 Å². The van der Waals surface area contributed by atoms with Crippen LogP contribution in [-0.4, -0.2) is 23.2 Å². The van der Waals surface area contributed by atoms with Crippen molar-refractivity contribution in [2.24, 2.45) is 5.73 Å². The van der Waals surface area contributed by atoms with Gasteiger partial charge in [0.05, 0.1) is 6.61 Å². The third-order valence-corrected chi connectivity index (χ3v) is 4.00. The summed E-state index contributed by atoms with van der Waals surface area (Å²) in [6, 6.07) is 5.01. The summed E-state index contributed by atoms with van der Waals surface area (Å²) >= 11 is 6.12. The van der Waals surface area contributed by atoms with Crippen molar-refractivity contribution >= 4 is 17.5 Å². The van der Waals surface area contributed by atoms with Crippen molar-refractivity contribution in [3.63, 3.8) is 0 Å². The Bertz CT molecular complexity index is 437. The zero-order valence-corrected chi connectivity index (χ0v) is 12.1. The number of aliphatic hydroxyl groups excluding tert-OH is 1. The molecule has 0 atom stereocenters. The summed E-state index contributed by atoms with van der Waals surface area (Å²) in [6.07, 6.45) is 1.66. The fraction of sp³-hybridized carbons (Fsp3) is 0.500. The van der Waals surface area contributed by atoms with E-state index in [1.807, 2.05) is 13.8 Å². The Hall–Kier alpha value is -1.10. The molecule has 106 valence electrons. The van der Waals surface area contributed by atoms with Gasteiger partial charge in [0.25, 0.3) is 0 Å². The first-order valence-corrected chi connectivity index (χ1v) is 6.80. The number of nitrogens with one attached hydrogen (secondary N) is 1. The molecule has 0 unspecified atom stereocenters. The largest absolute Gasteiger partial charge is 0.394 e. The lowest BCUT2D eigenvalue weighted by Crippen LogP contribution is -2.47. The van der Waals surface area contributed by atoms with Crippen molar-refractivity contribution in [1.29, 1.82) is 0 Å². The van der Waals surface area contributed by atoms with Crippen molar-refractivity contribution < 1.29 is 9.90 Å². The number of primary amides is 1. The zero-order chi connectivity index (χ0) is 14.5. The minimum absolute atomic E-state index is 0.0803. The van der Waals surface area contributed by atoms with E-state index in [1.165, 1.54) is 0 Å². The maximum atomic E-state index is 11.0. The molecule has 1 rings (SSSR count). The quantitative estimate of drug-likeness (QED) is 0.717. The zero-order valence-electron chi connectivity index (χ0n) is 11.4. The highest BCUT2D eigenvalue weighted by atomic mass is 35.5. The summed E-state index contributed by atoms with van der Waals surface area (Å²) in [5, 5.41) is 13.3. The molecule has 0 heterocycles. The van der Waals surface area contributed by atoms with Crippen LogP contribution in [0.15, 0.2) is 18.2 Å². The number of carbonyl (C=O) groups excluding carboxylic acids is 1. The third kappa shape index (κ3) is 3.93. The molecule has 19 heavy (non-hydrogen) atoms. The molecule has 1 amide bonds. The molecule has 0 radical (unpaired) electrons. The van der Waals surface area contributed by atoms with E-state index in [0.29, 0.717) is 17.1 Å². The van der Waals surface area contributed by atoms with Crippen LogP contribution in [0.5, 0.6) is 0 Å². The van der Waals surface area contributed by atoms with Gasteiger partial charge in [-0.1, -0.05) is 31.5 Å². The summed E-state index contributed by atoms with van der Waals surface area (Å²) in [5.74, 6) is -0.492. The Morgan fingerprint density at radius 3 is 2.47 bits per heavy atom. The number of benzene rings is 1. The summed E-state index contributed by atoms with van der Waals surface area (Å²) in [6.45, 7) is 4.69. The number of rotatable bonds is 7. The molecule has 0 saturated carbocycles. The summed E-state index contributed by atoms with van der Waals surface area (Å²) in [5.41, 5.74) is 6.19. The van der Waals surface area contributed by atoms with Gasteiger partial charge in [-0.3, -0.25) is 4.79 Å². The lowest BCUT2D eigenvalue weighted by Gasteiger charge is -2.31. The SMILES string of the molecule is CCC(CC)(CO)NCc1ccc(C(N)=O)cc1Cl. The maximum absolute atomic E-state index is 11.0. The van der Waals surface area contributed by atoms with E-state index >= 15 is 0 Å². The van der Waals surface area contributed by atoms with Crippen molar-refractivity contribution in [3.8, 4) is 0 Å². The Morgan fingerprint density at radius 1 is 1.42 bits per heavy atom. The number of carbonyl (C=O) groups is 1. The minimum atomic E-state index is -0.492. The van der Waals surface area contributed by atoms with E-state index < -0.39 is 5.91 Å². The molecule has 0 aliphatic heterocycles. The number of aliphatic hydroxyl groups is 1. The number of nitrogens with two attached hydrogens (primary N) is 1. The lowest BCUT2D eigenvalue weighted by atomic mass is 9.93. The second-order valence-corrected chi connectivity index (χ2v) is 5.08. The Morgan fingerprint density at radius 2 is 2.05 bits per heavy atom. The van der Waals surface area contributed by atoms with Crippen LogP contribution in [0.25, 0.3) is 0 Å². The molecule has 1 aromatic rings. The summed E-state index contributed by atoms with van der Waals surface area (Å²) < 4.78 is 0. The van der Waals surface area contributed by atoms with Gasteiger partial charge in [-0.05, 0) is 30.5 Å². The molecule has 5 heteroatoms. The molecule has 4 nitrogen and oxygen atoms in total. The second kappa shape index (κ2) is 6.89. The first-order valence-electron chi connectivity index (χ1n) is 6.42. The molecule has 1 aromatic carbocycles. The molecule has 0 fully saturated rings. The first-order chi connectivity index (χ1) is 8.98. The van der Waals surface area contributed by atoms with Crippen LogP contribution < -0.4 is 11.1 Å². The van der Waals surface area contributed by atoms with E-state index in [2.05, 4.69) is 5.32 Å². The predicted octanol–water partition coefficient (Wildman–Crippen LogP) is 2.08. The monoisotopic (exact) mass is 284 g/mol. The highest BCUT2D eigenvalue weighted by Crippen LogP contribution is 2.20. The predicted molar refractivity (Wildman–Crippen MR) is 77.2 cm³/mol.